The molecular formula is C30H34N4O5. The van der Waals surface area contributed by atoms with E-state index >= 15 is 0 Å². The van der Waals surface area contributed by atoms with Crippen molar-refractivity contribution in [2.24, 2.45) is 11.8 Å². The first kappa shape index (κ1) is 26.5. The Morgan fingerprint density at radius 1 is 1.05 bits per heavy atom. The van der Waals surface area contributed by atoms with Crippen molar-refractivity contribution in [3.05, 3.63) is 72.1 Å². The lowest BCUT2D eigenvalue weighted by molar-refractivity contribution is -0.137. The van der Waals surface area contributed by atoms with Crippen LogP contribution < -0.4 is 19.7 Å². The number of nitrogens with zero attached hydrogens (tertiary/aromatic N) is 3. The number of carboxylic acids is 1. The summed E-state index contributed by atoms with van der Waals surface area (Å²) in [7, 11) is 1.62. The number of aromatic nitrogens is 2. The van der Waals surface area contributed by atoms with E-state index < -0.39 is 5.97 Å². The predicted molar refractivity (Wildman–Crippen MR) is 148 cm³/mol. The molecule has 1 aliphatic carbocycles. The minimum absolute atomic E-state index is 0.0167. The Bertz CT molecular complexity index is 1290. The molecule has 1 saturated heterocycles. The number of piperidine rings is 1. The van der Waals surface area contributed by atoms with Crippen molar-refractivity contribution in [1.29, 1.82) is 0 Å². The molecule has 2 aromatic heterocycles. The summed E-state index contributed by atoms with van der Waals surface area (Å²) < 4.78 is 11.5. The number of rotatable bonds is 11. The molecule has 9 nitrogen and oxygen atoms in total. The lowest BCUT2D eigenvalue weighted by Gasteiger charge is -2.34. The number of carboxylic acid groups (broad SMARTS) is 1. The van der Waals surface area contributed by atoms with Gasteiger partial charge in [-0.2, -0.15) is 0 Å². The van der Waals surface area contributed by atoms with E-state index in [4.69, 9.17) is 9.47 Å². The van der Waals surface area contributed by atoms with Gasteiger partial charge in [0.2, 0.25) is 5.88 Å². The molecule has 1 atom stereocenters. The lowest BCUT2D eigenvalue weighted by Crippen LogP contribution is -2.36. The van der Waals surface area contributed by atoms with E-state index in [1.165, 1.54) is 0 Å². The Labute approximate surface area is 228 Å². The molecule has 9 heteroatoms. The molecule has 0 unspecified atom stereocenters. The topological polar surface area (TPSA) is 114 Å². The molecule has 0 spiro atoms. The molecule has 5 rings (SSSR count). The summed E-state index contributed by atoms with van der Waals surface area (Å²) in [6.07, 6.45) is 7.46. The smallest absolute Gasteiger partial charge is 0.303 e. The van der Waals surface area contributed by atoms with E-state index in [-0.39, 0.29) is 18.2 Å². The van der Waals surface area contributed by atoms with Crippen molar-refractivity contribution in [3.8, 4) is 11.6 Å². The second-order valence-corrected chi connectivity index (χ2v) is 10.3. The summed E-state index contributed by atoms with van der Waals surface area (Å²) in [6.45, 7) is 2.10. The van der Waals surface area contributed by atoms with Crippen molar-refractivity contribution < 1.29 is 24.2 Å². The molecule has 0 bridgehead atoms. The number of ether oxygens (including phenoxy) is 2. The maximum Gasteiger partial charge on any atom is 0.303 e. The van der Waals surface area contributed by atoms with Gasteiger partial charge < -0.3 is 24.8 Å². The first-order chi connectivity index (χ1) is 19.0. The van der Waals surface area contributed by atoms with Crippen LogP contribution in [-0.2, 0) is 4.79 Å². The van der Waals surface area contributed by atoms with Crippen LogP contribution in [0.5, 0.6) is 11.6 Å². The second-order valence-electron chi connectivity index (χ2n) is 10.3. The van der Waals surface area contributed by atoms with Crippen LogP contribution in [0.3, 0.4) is 0 Å². The van der Waals surface area contributed by atoms with Crippen molar-refractivity contribution in [2.75, 3.05) is 37.0 Å². The number of hydrogen-bond acceptors (Lipinski definition) is 7. The zero-order valence-electron chi connectivity index (χ0n) is 22.1. The average molecular weight is 531 g/mol. The highest BCUT2D eigenvalue weighted by molar-refractivity contribution is 6.08. The summed E-state index contributed by atoms with van der Waals surface area (Å²) in [4.78, 5) is 35.2. The van der Waals surface area contributed by atoms with Crippen LogP contribution in [0.25, 0.3) is 0 Å². The zero-order valence-corrected chi connectivity index (χ0v) is 22.1. The highest BCUT2D eigenvalue weighted by atomic mass is 16.5. The van der Waals surface area contributed by atoms with Gasteiger partial charge in [0.05, 0.1) is 31.4 Å². The quantitative estimate of drug-likeness (QED) is 0.356. The van der Waals surface area contributed by atoms with Crippen molar-refractivity contribution in [1.82, 2.24) is 9.97 Å². The molecule has 1 saturated carbocycles. The van der Waals surface area contributed by atoms with Crippen molar-refractivity contribution in [2.45, 2.75) is 38.0 Å². The highest BCUT2D eigenvalue weighted by Gasteiger charge is 2.34. The fourth-order valence-electron chi connectivity index (χ4n) is 5.23. The van der Waals surface area contributed by atoms with E-state index in [1.54, 1.807) is 43.8 Å². The van der Waals surface area contributed by atoms with Crippen LogP contribution in [0.4, 0.5) is 11.5 Å². The van der Waals surface area contributed by atoms with Crippen LogP contribution in [0.2, 0.25) is 0 Å². The van der Waals surface area contributed by atoms with Crippen molar-refractivity contribution in [3.63, 3.8) is 0 Å². The van der Waals surface area contributed by atoms with E-state index in [0.29, 0.717) is 41.5 Å². The monoisotopic (exact) mass is 530 g/mol. The predicted octanol–water partition coefficient (Wildman–Crippen LogP) is 5.00. The Morgan fingerprint density at radius 3 is 2.56 bits per heavy atom. The first-order valence-corrected chi connectivity index (χ1v) is 13.5. The number of methoxy groups -OCH3 is 1. The SMILES string of the molecule is COc1ccc(C(=O)Nc2ccccn2)c(N2CCC(COc3cc([C@@H](CC(=O)O)C4CC4)ccn3)CC2)c1. The zero-order chi connectivity index (χ0) is 27.2. The number of carbonyl (C=O) groups is 2. The molecule has 1 aromatic carbocycles. The van der Waals surface area contributed by atoms with Gasteiger partial charge in [0.1, 0.15) is 11.6 Å². The number of amides is 1. The van der Waals surface area contributed by atoms with Gasteiger partial charge in [0.15, 0.2) is 0 Å². The summed E-state index contributed by atoms with van der Waals surface area (Å²) in [5.74, 6) is 1.57. The van der Waals surface area contributed by atoms with E-state index in [0.717, 1.165) is 50.0 Å². The molecule has 204 valence electrons. The Kier molecular flexibility index (Phi) is 8.24. The average Bonchev–Trinajstić information content (AvgIpc) is 3.81. The number of nitrogens with one attached hydrogen (secondary N) is 1. The van der Waals surface area contributed by atoms with Crippen LogP contribution >= 0.6 is 0 Å². The van der Waals surface area contributed by atoms with Gasteiger partial charge in [-0.05, 0) is 79.3 Å². The Hall–Kier alpha value is -4.14. The van der Waals surface area contributed by atoms with Crippen LogP contribution in [0.15, 0.2) is 60.9 Å². The number of anilines is 2. The van der Waals surface area contributed by atoms with Gasteiger partial charge in [-0.1, -0.05) is 6.07 Å². The van der Waals surface area contributed by atoms with Gasteiger partial charge >= 0.3 is 5.97 Å². The maximum atomic E-state index is 13.1. The second kappa shape index (κ2) is 12.1. The van der Waals surface area contributed by atoms with Crippen LogP contribution in [0.1, 0.15) is 53.9 Å². The molecule has 2 aliphatic rings. The third kappa shape index (κ3) is 6.85. The molecule has 1 aliphatic heterocycles. The fraction of sp³-hybridized carbons (Fsp3) is 0.400. The van der Waals surface area contributed by atoms with E-state index in [1.807, 2.05) is 24.3 Å². The van der Waals surface area contributed by atoms with Crippen LogP contribution in [0, 0.1) is 11.8 Å². The molecule has 3 heterocycles. The molecule has 3 aromatic rings. The fourth-order valence-corrected chi connectivity index (χ4v) is 5.23. The van der Waals surface area contributed by atoms with Crippen molar-refractivity contribution >= 4 is 23.4 Å². The number of aliphatic carboxylic acids is 1. The normalized spacial score (nSPS) is 16.4. The first-order valence-electron chi connectivity index (χ1n) is 13.5. The van der Waals surface area contributed by atoms with E-state index in [2.05, 4.69) is 20.2 Å². The Balaban J connectivity index is 1.20. The van der Waals surface area contributed by atoms with Crippen LogP contribution in [-0.4, -0.2) is 53.8 Å². The van der Waals surface area contributed by atoms with Gasteiger partial charge in [0.25, 0.3) is 5.91 Å². The Morgan fingerprint density at radius 2 is 1.87 bits per heavy atom. The minimum Gasteiger partial charge on any atom is -0.497 e. The summed E-state index contributed by atoms with van der Waals surface area (Å²) >= 11 is 0. The molecule has 2 fully saturated rings. The van der Waals surface area contributed by atoms with Gasteiger partial charge in [-0.25, -0.2) is 9.97 Å². The number of benzene rings is 1. The largest absolute Gasteiger partial charge is 0.497 e. The lowest BCUT2D eigenvalue weighted by atomic mass is 9.92. The number of carbonyl (C=O) groups excluding carboxylic acids is 1. The van der Waals surface area contributed by atoms with Gasteiger partial charge in [-0.3, -0.25) is 9.59 Å². The molecule has 2 N–H and O–H groups in total. The molecule has 1 amide bonds. The minimum atomic E-state index is -0.772. The number of hydrogen-bond donors (Lipinski definition) is 2. The summed E-state index contributed by atoms with van der Waals surface area (Å²) in [5.41, 5.74) is 2.40. The molecule has 0 radical (unpaired) electrons. The number of pyridine rings is 2. The summed E-state index contributed by atoms with van der Waals surface area (Å²) in [6, 6.07) is 14.7. The maximum absolute atomic E-state index is 13.1. The third-order valence-electron chi connectivity index (χ3n) is 7.55. The van der Waals surface area contributed by atoms with Gasteiger partial charge in [0, 0.05) is 37.6 Å². The van der Waals surface area contributed by atoms with Gasteiger partial charge in [-0.15, -0.1) is 0 Å². The molecule has 39 heavy (non-hydrogen) atoms. The summed E-state index contributed by atoms with van der Waals surface area (Å²) in [5, 5.41) is 12.2. The third-order valence-corrected chi connectivity index (χ3v) is 7.55. The van der Waals surface area contributed by atoms with E-state index in [9.17, 15) is 14.7 Å². The molecular weight excluding hydrogens is 496 g/mol. The highest BCUT2D eigenvalue weighted by Crippen LogP contribution is 2.45. The standard InChI is InChI=1S/C30H34N4O5/c1-38-23-7-8-24(30(37)33-27-4-2-3-12-31-27)26(17-23)34-14-10-20(11-15-34)19-39-28-16-22(9-13-32-28)25(18-29(35)36)21-5-6-21/h2-4,7-9,12-13,16-17,20-21,25H,5-6,10-11,14-15,18-19H2,1H3,(H,35,36)(H,31,33,37)/t25-/m0/s1.